The summed E-state index contributed by atoms with van der Waals surface area (Å²) in [6.45, 7) is 0.433. The highest BCUT2D eigenvalue weighted by Crippen LogP contribution is 2.21. The number of benzene rings is 1. The van der Waals surface area contributed by atoms with Crippen LogP contribution in [0.5, 0.6) is 0 Å². The Balaban J connectivity index is 1.29. The Labute approximate surface area is 151 Å². The number of fused-ring (bicyclic) bond motifs is 1. The standard InChI is InChI=1S/C17H14N4O2S2/c22-14(18-9-16-19-12-3-1-2-4-13(12)25-16)5-6-15-20-17(21-23-15)11-7-8-24-10-11/h1-4,7-8,10H,5-6,9H2,(H,18,22). The Morgan fingerprint density at radius 3 is 2.96 bits per heavy atom. The Morgan fingerprint density at radius 2 is 2.12 bits per heavy atom. The van der Waals surface area contributed by atoms with Crippen molar-refractivity contribution < 1.29 is 9.32 Å². The number of nitrogens with zero attached hydrogens (tertiary/aromatic N) is 3. The zero-order chi connectivity index (χ0) is 17.1. The van der Waals surface area contributed by atoms with Gasteiger partial charge in [0.1, 0.15) is 5.01 Å². The van der Waals surface area contributed by atoms with Gasteiger partial charge in [-0.3, -0.25) is 4.79 Å². The molecule has 0 aliphatic carbocycles. The summed E-state index contributed by atoms with van der Waals surface area (Å²) < 4.78 is 6.32. The van der Waals surface area contributed by atoms with Crippen LogP contribution in [0.2, 0.25) is 0 Å². The minimum absolute atomic E-state index is 0.0606. The largest absolute Gasteiger partial charge is 0.350 e. The molecular formula is C17H14N4O2S2. The number of nitrogens with one attached hydrogen (secondary N) is 1. The van der Waals surface area contributed by atoms with Crippen LogP contribution < -0.4 is 5.32 Å². The van der Waals surface area contributed by atoms with Gasteiger partial charge < -0.3 is 9.84 Å². The number of hydrogen-bond acceptors (Lipinski definition) is 7. The van der Waals surface area contributed by atoms with E-state index in [2.05, 4.69) is 20.4 Å². The molecule has 0 aliphatic rings. The molecule has 3 aromatic heterocycles. The molecule has 0 unspecified atom stereocenters. The number of aromatic nitrogens is 3. The van der Waals surface area contributed by atoms with Crippen molar-refractivity contribution in [3.8, 4) is 11.4 Å². The lowest BCUT2D eigenvalue weighted by atomic mass is 10.3. The smallest absolute Gasteiger partial charge is 0.227 e. The van der Waals surface area contributed by atoms with Crippen molar-refractivity contribution in [3.05, 3.63) is 52.0 Å². The summed E-state index contributed by atoms with van der Waals surface area (Å²) in [5.74, 6) is 0.969. The molecule has 1 N–H and O–H groups in total. The number of carbonyl (C=O) groups excluding carboxylic acids is 1. The number of hydrogen-bond donors (Lipinski definition) is 1. The van der Waals surface area contributed by atoms with Gasteiger partial charge in [-0.1, -0.05) is 17.3 Å². The fourth-order valence-corrected chi connectivity index (χ4v) is 3.89. The first-order valence-electron chi connectivity index (χ1n) is 7.74. The zero-order valence-corrected chi connectivity index (χ0v) is 14.8. The van der Waals surface area contributed by atoms with Crippen LogP contribution in [-0.2, 0) is 17.8 Å². The molecule has 3 heterocycles. The zero-order valence-electron chi connectivity index (χ0n) is 13.1. The summed E-state index contributed by atoms with van der Waals surface area (Å²) in [4.78, 5) is 20.8. The predicted octanol–water partition coefficient (Wildman–Crippen LogP) is 3.66. The molecule has 4 aromatic rings. The molecule has 8 heteroatoms. The van der Waals surface area contributed by atoms with Gasteiger partial charge in [0.15, 0.2) is 0 Å². The number of amides is 1. The third-order valence-electron chi connectivity index (χ3n) is 3.59. The molecule has 126 valence electrons. The fraction of sp³-hybridized carbons (Fsp3) is 0.176. The van der Waals surface area contributed by atoms with Crippen LogP contribution in [0.1, 0.15) is 17.3 Å². The van der Waals surface area contributed by atoms with E-state index >= 15 is 0 Å². The SMILES string of the molecule is O=C(CCc1nc(-c2ccsc2)no1)NCc1nc2ccccc2s1. The summed E-state index contributed by atoms with van der Waals surface area (Å²) in [6.07, 6.45) is 0.721. The topological polar surface area (TPSA) is 80.9 Å². The third kappa shape index (κ3) is 3.75. The van der Waals surface area contributed by atoms with Crippen LogP contribution in [0.3, 0.4) is 0 Å². The summed E-state index contributed by atoms with van der Waals surface area (Å²) in [5, 5.41) is 11.6. The van der Waals surface area contributed by atoms with Crippen LogP contribution >= 0.6 is 22.7 Å². The second-order valence-electron chi connectivity index (χ2n) is 5.38. The van der Waals surface area contributed by atoms with E-state index in [1.807, 2.05) is 41.1 Å². The highest BCUT2D eigenvalue weighted by molar-refractivity contribution is 7.18. The molecule has 0 saturated heterocycles. The molecule has 25 heavy (non-hydrogen) atoms. The van der Waals surface area contributed by atoms with Gasteiger partial charge >= 0.3 is 0 Å². The van der Waals surface area contributed by atoms with E-state index in [1.165, 1.54) is 0 Å². The van der Waals surface area contributed by atoms with Crippen LogP contribution in [0.25, 0.3) is 21.6 Å². The first-order valence-corrected chi connectivity index (χ1v) is 9.50. The van der Waals surface area contributed by atoms with Gasteiger partial charge in [-0.2, -0.15) is 16.3 Å². The third-order valence-corrected chi connectivity index (χ3v) is 5.31. The first kappa shape index (κ1) is 15.9. The average molecular weight is 370 g/mol. The lowest BCUT2D eigenvalue weighted by molar-refractivity contribution is -0.121. The lowest BCUT2D eigenvalue weighted by Crippen LogP contribution is -2.22. The number of aryl methyl sites for hydroxylation is 1. The summed E-state index contributed by atoms with van der Waals surface area (Å²) >= 11 is 3.17. The van der Waals surface area contributed by atoms with E-state index in [0.29, 0.717) is 31.1 Å². The number of thiophene rings is 1. The van der Waals surface area contributed by atoms with Crippen LogP contribution in [0.4, 0.5) is 0 Å². The molecule has 0 fully saturated rings. The summed E-state index contributed by atoms with van der Waals surface area (Å²) in [7, 11) is 0. The van der Waals surface area contributed by atoms with E-state index in [9.17, 15) is 4.79 Å². The molecule has 1 aromatic carbocycles. The van der Waals surface area contributed by atoms with Crippen LogP contribution in [0, 0.1) is 0 Å². The Kier molecular flexibility index (Phi) is 4.53. The second kappa shape index (κ2) is 7.12. The van der Waals surface area contributed by atoms with Crippen molar-refractivity contribution in [2.45, 2.75) is 19.4 Å². The number of thiazole rings is 1. The summed E-state index contributed by atoms with van der Waals surface area (Å²) in [5.41, 5.74) is 1.89. The Bertz CT molecular complexity index is 958. The van der Waals surface area contributed by atoms with Crippen molar-refractivity contribution in [2.75, 3.05) is 0 Å². The molecule has 0 bridgehead atoms. The Hall–Kier alpha value is -2.58. The monoisotopic (exact) mass is 370 g/mol. The van der Waals surface area contributed by atoms with Crippen molar-refractivity contribution in [2.24, 2.45) is 0 Å². The molecule has 0 atom stereocenters. The molecule has 0 saturated carbocycles. The van der Waals surface area contributed by atoms with Gasteiger partial charge in [-0.15, -0.1) is 11.3 Å². The van der Waals surface area contributed by atoms with Gasteiger partial charge in [-0.25, -0.2) is 4.98 Å². The van der Waals surface area contributed by atoms with Crippen molar-refractivity contribution in [1.82, 2.24) is 20.4 Å². The quantitative estimate of drug-likeness (QED) is 0.560. The minimum Gasteiger partial charge on any atom is -0.350 e. The van der Waals surface area contributed by atoms with Gasteiger partial charge in [0.05, 0.1) is 16.8 Å². The number of rotatable bonds is 6. The molecule has 0 radical (unpaired) electrons. The van der Waals surface area contributed by atoms with E-state index in [4.69, 9.17) is 4.52 Å². The normalized spacial score (nSPS) is 11.0. The number of para-hydroxylation sites is 1. The maximum Gasteiger partial charge on any atom is 0.227 e. The lowest BCUT2D eigenvalue weighted by Gasteiger charge is -2.00. The van der Waals surface area contributed by atoms with Gasteiger partial charge in [-0.05, 0) is 23.6 Å². The molecule has 1 amide bonds. The first-order chi connectivity index (χ1) is 12.3. The van der Waals surface area contributed by atoms with Crippen molar-refractivity contribution in [3.63, 3.8) is 0 Å². The van der Waals surface area contributed by atoms with Crippen molar-refractivity contribution in [1.29, 1.82) is 0 Å². The van der Waals surface area contributed by atoms with Gasteiger partial charge in [0, 0.05) is 23.8 Å². The van der Waals surface area contributed by atoms with E-state index in [0.717, 1.165) is 20.8 Å². The molecular weight excluding hydrogens is 356 g/mol. The average Bonchev–Trinajstić information content (AvgIpc) is 3.37. The minimum atomic E-state index is -0.0606. The van der Waals surface area contributed by atoms with Gasteiger partial charge in [0.2, 0.25) is 17.6 Å². The van der Waals surface area contributed by atoms with Crippen LogP contribution in [-0.4, -0.2) is 21.0 Å². The maximum absolute atomic E-state index is 12.0. The van der Waals surface area contributed by atoms with Crippen molar-refractivity contribution >= 4 is 38.8 Å². The van der Waals surface area contributed by atoms with Gasteiger partial charge in [0.25, 0.3) is 0 Å². The molecule has 6 nitrogen and oxygen atoms in total. The van der Waals surface area contributed by atoms with E-state index in [-0.39, 0.29) is 5.91 Å². The Morgan fingerprint density at radius 1 is 1.20 bits per heavy atom. The highest BCUT2D eigenvalue weighted by Gasteiger charge is 2.11. The summed E-state index contributed by atoms with van der Waals surface area (Å²) in [6, 6.07) is 9.87. The predicted molar refractivity (Wildman–Crippen MR) is 97.4 cm³/mol. The highest BCUT2D eigenvalue weighted by atomic mass is 32.1. The molecule has 0 aliphatic heterocycles. The fourth-order valence-electron chi connectivity index (χ4n) is 2.34. The number of carbonyl (C=O) groups is 1. The van der Waals surface area contributed by atoms with E-state index in [1.54, 1.807) is 22.7 Å². The second-order valence-corrected chi connectivity index (χ2v) is 7.27. The molecule has 0 spiro atoms. The van der Waals surface area contributed by atoms with E-state index < -0.39 is 0 Å². The maximum atomic E-state index is 12.0. The molecule has 4 rings (SSSR count). The van der Waals surface area contributed by atoms with Crippen LogP contribution in [0.15, 0.2) is 45.6 Å².